The van der Waals surface area contributed by atoms with E-state index in [-0.39, 0.29) is 21.1 Å². The van der Waals surface area contributed by atoms with E-state index in [0.29, 0.717) is 5.52 Å². The minimum Gasteiger partial charge on any atom is -0.286 e. The van der Waals surface area contributed by atoms with Crippen molar-refractivity contribution in [3.05, 3.63) is 33.8 Å². The van der Waals surface area contributed by atoms with Gasteiger partial charge in [0.1, 0.15) is 0 Å². The van der Waals surface area contributed by atoms with E-state index in [1.807, 2.05) is 0 Å². The lowest BCUT2D eigenvalue weighted by Gasteiger charge is -2.04. The summed E-state index contributed by atoms with van der Waals surface area (Å²) in [6.45, 7) is 0. The number of nitrogens with zero attached hydrogens (tertiary/aromatic N) is 2. The van der Waals surface area contributed by atoms with E-state index in [4.69, 9.17) is 11.6 Å². The van der Waals surface area contributed by atoms with Crippen LogP contribution in [-0.2, 0) is 16.9 Å². The van der Waals surface area contributed by atoms with Crippen molar-refractivity contribution < 1.29 is 8.42 Å². The molecule has 2 rings (SSSR count). The van der Waals surface area contributed by atoms with E-state index in [1.54, 1.807) is 0 Å². The van der Waals surface area contributed by atoms with Gasteiger partial charge in [-0.1, -0.05) is 0 Å². The van der Waals surface area contributed by atoms with Crippen molar-refractivity contribution in [3.63, 3.8) is 0 Å². The lowest BCUT2D eigenvalue weighted by molar-refractivity contribution is 0.602. The summed E-state index contributed by atoms with van der Waals surface area (Å²) in [6, 6.07) is 4.19. The number of aromatic nitrogens is 2. The van der Waals surface area contributed by atoms with Crippen molar-refractivity contribution in [3.8, 4) is 0 Å². The van der Waals surface area contributed by atoms with Gasteiger partial charge in [-0.15, -0.1) is 0 Å². The number of fused-ring (bicyclic) bond motifs is 1. The molecule has 0 N–H and O–H groups in total. The van der Waals surface area contributed by atoms with Gasteiger partial charge in [0, 0.05) is 13.3 Å². The normalized spacial score (nSPS) is 11.9. The van der Waals surface area contributed by atoms with Crippen molar-refractivity contribution in [1.82, 2.24) is 9.55 Å². The van der Waals surface area contributed by atoms with Crippen LogP contribution in [0.3, 0.4) is 0 Å². The fourth-order valence-electron chi connectivity index (χ4n) is 1.45. The first-order chi connectivity index (χ1) is 7.80. The van der Waals surface area contributed by atoms with Gasteiger partial charge >= 0.3 is 0 Å². The largest absolute Gasteiger partial charge is 0.286 e. The lowest BCUT2D eigenvalue weighted by Crippen LogP contribution is -2.19. The zero-order valence-electron chi connectivity index (χ0n) is 9.14. The molecule has 1 aromatic heterocycles. The van der Waals surface area contributed by atoms with E-state index < -0.39 is 9.84 Å². The number of benzene rings is 1. The maximum Gasteiger partial charge on any atom is 0.262 e. The molecule has 0 saturated carbocycles. The summed E-state index contributed by atoms with van der Waals surface area (Å²) in [6.07, 6.45) is 1.09. The van der Waals surface area contributed by atoms with E-state index in [9.17, 15) is 13.2 Å². The van der Waals surface area contributed by atoms with Crippen LogP contribution in [-0.4, -0.2) is 24.2 Å². The fraction of sp³-hybridized carbons (Fsp3) is 0.200. The van der Waals surface area contributed by atoms with Crippen LogP contribution in [0.1, 0.15) is 0 Å². The molecule has 1 aromatic carbocycles. The predicted molar refractivity (Wildman–Crippen MR) is 65.1 cm³/mol. The molecule has 0 saturated heterocycles. The highest BCUT2D eigenvalue weighted by molar-refractivity contribution is 7.90. The first kappa shape index (κ1) is 12.1. The number of rotatable bonds is 1. The molecule has 0 bridgehead atoms. The van der Waals surface area contributed by atoms with Gasteiger partial charge in [0.25, 0.3) is 5.56 Å². The topological polar surface area (TPSA) is 69.0 Å². The monoisotopic (exact) mass is 272 g/mol. The maximum absolute atomic E-state index is 11.9. The zero-order chi connectivity index (χ0) is 12.8. The Morgan fingerprint density at radius 2 is 2.00 bits per heavy atom. The van der Waals surface area contributed by atoms with Crippen LogP contribution in [0.25, 0.3) is 10.9 Å². The van der Waals surface area contributed by atoms with Crippen molar-refractivity contribution in [2.75, 3.05) is 6.26 Å². The Bertz CT molecular complexity index is 765. The number of halogens is 1. The Labute approximate surface area is 103 Å². The van der Waals surface area contributed by atoms with Crippen LogP contribution < -0.4 is 5.56 Å². The minimum atomic E-state index is -3.34. The summed E-state index contributed by atoms with van der Waals surface area (Å²) in [7, 11) is -1.87. The second kappa shape index (κ2) is 3.82. The Morgan fingerprint density at radius 1 is 1.35 bits per heavy atom. The molecule has 0 aliphatic heterocycles. The third-order valence-corrected chi connectivity index (χ3v) is 3.87. The summed E-state index contributed by atoms with van der Waals surface area (Å²) in [5.41, 5.74) is 0.0102. The van der Waals surface area contributed by atoms with Crippen molar-refractivity contribution in [2.45, 2.75) is 4.90 Å². The molecule has 0 unspecified atom stereocenters. The van der Waals surface area contributed by atoms with Gasteiger partial charge in [-0.25, -0.2) is 13.4 Å². The van der Waals surface area contributed by atoms with Gasteiger partial charge < -0.3 is 0 Å². The Balaban J connectivity index is 2.92. The molecule has 0 radical (unpaired) electrons. The zero-order valence-corrected chi connectivity index (χ0v) is 10.7. The number of hydrogen-bond acceptors (Lipinski definition) is 4. The van der Waals surface area contributed by atoms with E-state index in [1.165, 1.54) is 25.2 Å². The molecule has 0 amide bonds. The third kappa shape index (κ3) is 2.05. The SMILES string of the molecule is Cn1c(Cl)nc2ccc(S(C)(=O)=O)cc2c1=O. The first-order valence-corrected chi connectivity index (χ1v) is 6.94. The molecule has 0 atom stereocenters. The molecule has 0 spiro atoms. The fourth-order valence-corrected chi connectivity index (χ4v) is 2.27. The molecule has 0 aliphatic carbocycles. The summed E-state index contributed by atoms with van der Waals surface area (Å²) in [5, 5.41) is 0.300. The summed E-state index contributed by atoms with van der Waals surface area (Å²) in [4.78, 5) is 16.0. The molecule has 2 aromatic rings. The molecule has 1 heterocycles. The maximum atomic E-state index is 11.9. The van der Waals surface area contributed by atoms with Gasteiger partial charge in [0.05, 0.1) is 15.8 Å². The van der Waals surface area contributed by atoms with Crippen LogP contribution in [0.15, 0.2) is 27.9 Å². The Hall–Kier alpha value is -1.40. The van der Waals surface area contributed by atoms with Crippen LogP contribution in [0.5, 0.6) is 0 Å². The van der Waals surface area contributed by atoms with Crippen molar-refractivity contribution in [2.24, 2.45) is 7.05 Å². The van der Waals surface area contributed by atoms with Gasteiger partial charge in [0.2, 0.25) is 5.28 Å². The average molecular weight is 273 g/mol. The molecule has 17 heavy (non-hydrogen) atoms. The smallest absolute Gasteiger partial charge is 0.262 e. The summed E-state index contributed by atoms with van der Waals surface area (Å²) < 4.78 is 23.9. The lowest BCUT2D eigenvalue weighted by atomic mass is 10.2. The molecular formula is C10H9ClN2O3S. The number of hydrogen-bond donors (Lipinski definition) is 0. The average Bonchev–Trinajstić information content (AvgIpc) is 2.24. The quantitative estimate of drug-likeness (QED) is 0.726. The van der Waals surface area contributed by atoms with Crippen molar-refractivity contribution in [1.29, 1.82) is 0 Å². The third-order valence-electron chi connectivity index (χ3n) is 2.42. The van der Waals surface area contributed by atoms with Crippen LogP contribution in [0, 0.1) is 0 Å². The van der Waals surface area contributed by atoms with Gasteiger partial charge in [0.15, 0.2) is 9.84 Å². The predicted octanol–water partition coefficient (Wildman–Crippen LogP) is 0.990. The Morgan fingerprint density at radius 3 is 2.59 bits per heavy atom. The molecule has 7 heteroatoms. The number of sulfone groups is 1. The highest BCUT2D eigenvalue weighted by atomic mass is 35.5. The van der Waals surface area contributed by atoms with E-state index in [2.05, 4.69) is 4.98 Å². The standard InChI is InChI=1S/C10H9ClN2O3S/c1-13-9(14)7-5-6(17(2,15)16)3-4-8(7)12-10(13)11/h3-5H,1-2H3. The molecule has 90 valence electrons. The second-order valence-corrected chi connectivity index (χ2v) is 6.05. The van der Waals surface area contributed by atoms with Gasteiger partial charge in [-0.05, 0) is 29.8 Å². The molecule has 0 aliphatic rings. The summed E-state index contributed by atoms with van der Waals surface area (Å²) in [5.74, 6) is 0. The minimum absolute atomic E-state index is 0.0644. The second-order valence-electron chi connectivity index (χ2n) is 3.70. The Kier molecular flexibility index (Phi) is 2.71. The van der Waals surface area contributed by atoms with Crippen LogP contribution in [0.2, 0.25) is 5.28 Å². The van der Waals surface area contributed by atoms with Gasteiger partial charge in [-0.3, -0.25) is 9.36 Å². The van der Waals surface area contributed by atoms with Crippen molar-refractivity contribution >= 4 is 32.3 Å². The van der Waals surface area contributed by atoms with Crippen LogP contribution in [0.4, 0.5) is 0 Å². The highest BCUT2D eigenvalue weighted by Crippen LogP contribution is 2.16. The van der Waals surface area contributed by atoms with E-state index >= 15 is 0 Å². The molecular weight excluding hydrogens is 264 g/mol. The van der Waals surface area contributed by atoms with E-state index in [0.717, 1.165) is 10.8 Å². The highest BCUT2D eigenvalue weighted by Gasteiger charge is 2.11. The summed E-state index contributed by atoms with van der Waals surface area (Å²) >= 11 is 5.76. The molecule has 0 fully saturated rings. The molecule has 5 nitrogen and oxygen atoms in total. The van der Waals surface area contributed by atoms with Gasteiger partial charge in [-0.2, -0.15) is 0 Å². The van der Waals surface area contributed by atoms with Crippen LogP contribution >= 0.6 is 11.6 Å². The first-order valence-electron chi connectivity index (χ1n) is 4.67.